The molecule has 0 aliphatic carbocycles. The molecule has 0 spiro atoms. The molecule has 16 heavy (non-hydrogen) atoms. The van der Waals surface area contributed by atoms with Crippen LogP contribution in [0, 0.1) is 6.92 Å². The fraction of sp³-hybridized carbons (Fsp3) is 0.417. The standard InChI is InChI=1S/C12H15BO3/c1-9-4-5-10(7-14)6-11(9)13-15-8-12(2,3)16-13/h4-7H,8H2,1-3H3. The topological polar surface area (TPSA) is 35.5 Å². The molecular formula is C12H15BO3. The molecule has 2 rings (SSSR count). The molecule has 0 bridgehead atoms. The van der Waals surface area contributed by atoms with Crippen molar-refractivity contribution >= 4 is 18.9 Å². The van der Waals surface area contributed by atoms with Gasteiger partial charge >= 0.3 is 7.12 Å². The fourth-order valence-corrected chi connectivity index (χ4v) is 1.77. The Labute approximate surface area is 95.9 Å². The van der Waals surface area contributed by atoms with Crippen molar-refractivity contribution in [2.75, 3.05) is 6.61 Å². The van der Waals surface area contributed by atoms with Crippen LogP contribution in [-0.2, 0) is 9.31 Å². The van der Waals surface area contributed by atoms with Gasteiger partial charge in [0.25, 0.3) is 0 Å². The average molecular weight is 218 g/mol. The van der Waals surface area contributed by atoms with Gasteiger partial charge in [0.05, 0.1) is 12.2 Å². The van der Waals surface area contributed by atoms with Crippen molar-refractivity contribution in [1.82, 2.24) is 0 Å². The highest BCUT2D eigenvalue weighted by Gasteiger charge is 2.38. The molecule has 0 N–H and O–H groups in total. The molecule has 3 nitrogen and oxygen atoms in total. The van der Waals surface area contributed by atoms with E-state index in [1.807, 2.05) is 32.9 Å². The first-order chi connectivity index (χ1) is 7.52. The van der Waals surface area contributed by atoms with E-state index in [1.165, 1.54) is 0 Å². The predicted molar refractivity (Wildman–Crippen MR) is 63.1 cm³/mol. The number of carbonyl (C=O) groups excluding carboxylic acids is 1. The Morgan fingerprint density at radius 3 is 2.75 bits per heavy atom. The molecule has 1 heterocycles. The van der Waals surface area contributed by atoms with Crippen molar-refractivity contribution in [3.63, 3.8) is 0 Å². The van der Waals surface area contributed by atoms with E-state index in [9.17, 15) is 4.79 Å². The smallest absolute Gasteiger partial charge is 0.404 e. The highest BCUT2D eigenvalue weighted by molar-refractivity contribution is 6.62. The van der Waals surface area contributed by atoms with E-state index in [0.717, 1.165) is 17.3 Å². The van der Waals surface area contributed by atoms with Gasteiger partial charge in [-0.2, -0.15) is 0 Å². The number of hydrogen-bond acceptors (Lipinski definition) is 3. The van der Waals surface area contributed by atoms with Crippen LogP contribution < -0.4 is 5.46 Å². The van der Waals surface area contributed by atoms with Crippen molar-refractivity contribution in [2.45, 2.75) is 26.4 Å². The molecule has 0 saturated carbocycles. The van der Waals surface area contributed by atoms with E-state index in [0.29, 0.717) is 12.2 Å². The summed E-state index contributed by atoms with van der Waals surface area (Å²) in [6.07, 6.45) is 0.836. The van der Waals surface area contributed by atoms with Crippen molar-refractivity contribution in [2.24, 2.45) is 0 Å². The van der Waals surface area contributed by atoms with E-state index in [2.05, 4.69) is 0 Å². The molecule has 0 radical (unpaired) electrons. The van der Waals surface area contributed by atoms with Crippen LogP contribution in [0.15, 0.2) is 18.2 Å². The number of hydrogen-bond donors (Lipinski definition) is 0. The quantitative estimate of drug-likeness (QED) is 0.554. The average Bonchev–Trinajstić information content (AvgIpc) is 2.59. The van der Waals surface area contributed by atoms with Gasteiger partial charge in [-0.15, -0.1) is 0 Å². The van der Waals surface area contributed by atoms with Crippen LogP contribution in [0.4, 0.5) is 0 Å². The maximum atomic E-state index is 10.7. The van der Waals surface area contributed by atoms with Crippen molar-refractivity contribution in [3.8, 4) is 0 Å². The van der Waals surface area contributed by atoms with Crippen LogP contribution in [0.3, 0.4) is 0 Å². The molecule has 1 aromatic rings. The normalized spacial score (nSPS) is 18.8. The van der Waals surface area contributed by atoms with Gasteiger partial charge < -0.3 is 9.31 Å². The Kier molecular flexibility index (Phi) is 2.87. The van der Waals surface area contributed by atoms with Gasteiger partial charge in [0.1, 0.15) is 6.29 Å². The number of aldehydes is 1. The van der Waals surface area contributed by atoms with Crippen molar-refractivity contribution < 1.29 is 14.1 Å². The third-order valence-electron chi connectivity index (χ3n) is 2.70. The summed E-state index contributed by atoms with van der Waals surface area (Å²) in [5, 5.41) is 0. The summed E-state index contributed by atoms with van der Waals surface area (Å²) in [6.45, 7) is 6.54. The van der Waals surface area contributed by atoms with Crippen LogP contribution in [0.25, 0.3) is 0 Å². The molecule has 1 aliphatic heterocycles. The SMILES string of the molecule is Cc1ccc(C=O)cc1B1OCC(C)(C)O1. The summed E-state index contributed by atoms with van der Waals surface area (Å²) in [5.74, 6) is 0. The third kappa shape index (κ3) is 2.18. The monoisotopic (exact) mass is 218 g/mol. The van der Waals surface area contributed by atoms with Crippen molar-refractivity contribution in [1.29, 1.82) is 0 Å². The Hall–Kier alpha value is -1.13. The molecule has 1 aliphatic rings. The van der Waals surface area contributed by atoms with Gasteiger partial charge in [0, 0.05) is 5.56 Å². The van der Waals surface area contributed by atoms with Gasteiger partial charge in [-0.3, -0.25) is 4.79 Å². The maximum Gasteiger partial charge on any atom is 0.494 e. The molecule has 0 aromatic heterocycles. The van der Waals surface area contributed by atoms with E-state index < -0.39 is 0 Å². The zero-order valence-corrected chi connectivity index (χ0v) is 9.82. The molecular weight excluding hydrogens is 203 g/mol. The van der Waals surface area contributed by atoms with E-state index in [-0.39, 0.29) is 12.7 Å². The Morgan fingerprint density at radius 1 is 1.44 bits per heavy atom. The molecule has 4 heteroatoms. The first-order valence-electron chi connectivity index (χ1n) is 5.37. The Morgan fingerprint density at radius 2 is 2.19 bits per heavy atom. The summed E-state index contributed by atoms with van der Waals surface area (Å²) in [6, 6.07) is 5.54. The van der Waals surface area contributed by atoms with E-state index >= 15 is 0 Å². The summed E-state index contributed by atoms with van der Waals surface area (Å²) in [7, 11) is -0.352. The molecule has 0 unspecified atom stereocenters. The van der Waals surface area contributed by atoms with Gasteiger partial charge in [-0.05, 0) is 26.2 Å². The predicted octanol–water partition coefficient (Wildman–Crippen LogP) is 1.33. The lowest BCUT2D eigenvalue weighted by atomic mass is 9.75. The zero-order valence-electron chi connectivity index (χ0n) is 9.82. The Bertz CT molecular complexity index is 415. The number of aryl methyl sites for hydroxylation is 1. The lowest BCUT2D eigenvalue weighted by Gasteiger charge is -2.16. The van der Waals surface area contributed by atoms with Crippen LogP contribution in [0.5, 0.6) is 0 Å². The lowest BCUT2D eigenvalue weighted by Crippen LogP contribution is -2.36. The minimum absolute atomic E-state index is 0.256. The van der Waals surface area contributed by atoms with Gasteiger partial charge in [-0.1, -0.05) is 23.8 Å². The van der Waals surface area contributed by atoms with Crippen LogP contribution >= 0.6 is 0 Å². The fourth-order valence-electron chi connectivity index (χ4n) is 1.77. The van der Waals surface area contributed by atoms with Gasteiger partial charge in [-0.25, -0.2) is 0 Å². The minimum atomic E-state index is -0.352. The summed E-state index contributed by atoms with van der Waals surface area (Å²) >= 11 is 0. The zero-order chi connectivity index (χ0) is 11.8. The number of rotatable bonds is 2. The number of benzene rings is 1. The van der Waals surface area contributed by atoms with Gasteiger partial charge in [0.2, 0.25) is 0 Å². The second-order valence-electron chi connectivity index (χ2n) is 4.75. The number of carbonyl (C=O) groups is 1. The largest absolute Gasteiger partial charge is 0.494 e. The second kappa shape index (κ2) is 4.03. The minimum Gasteiger partial charge on any atom is -0.404 e. The summed E-state index contributed by atoms with van der Waals surface area (Å²) in [4.78, 5) is 10.7. The van der Waals surface area contributed by atoms with Crippen LogP contribution in [0.2, 0.25) is 0 Å². The lowest BCUT2D eigenvalue weighted by molar-refractivity contribution is 0.112. The molecule has 84 valence electrons. The maximum absolute atomic E-state index is 10.7. The highest BCUT2D eigenvalue weighted by atomic mass is 16.7. The second-order valence-corrected chi connectivity index (χ2v) is 4.75. The van der Waals surface area contributed by atoms with Crippen LogP contribution in [-0.4, -0.2) is 25.6 Å². The first-order valence-corrected chi connectivity index (χ1v) is 5.37. The third-order valence-corrected chi connectivity index (χ3v) is 2.70. The molecule has 1 aromatic carbocycles. The highest BCUT2D eigenvalue weighted by Crippen LogP contribution is 2.20. The van der Waals surface area contributed by atoms with Crippen molar-refractivity contribution in [3.05, 3.63) is 29.3 Å². The molecule has 1 fully saturated rings. The summed E-state index contributed by atoms with van der Waals surface area (Å²) in [5.41, 5.74) is 2.41. The van der Waals surface area contributed by atoms with E-state index in [4.69, 9.17) is 9.31 Å². The molecule has 0 amide bonds. The molecule has 0 atom stereocenters. The Balaban J connectivity index is 2.30. The first kappa shape index (κ1) is 11.4. The van der Waals surface area contributed by atoms with Crippen LogP contribution in [0.1, 0.15) is 29.8 Å². The van der Waals surface area contributed by atoms with E-state index in [1.54, 1.807) is 6.07 Å². The van der Waals surface area contributed by atoms with Gasteiger partial charge in [0.15, 0.2) is 0 Å². The summed E-state index contributed by atoms with van der Waals surface area (Å²) < 4.78 is 11.4. The molecule has 1 saturated heterocycles.